The van der Waals surface area contributed by atoms with Gasteiger partial charge < -0.3 is 26.0 Å². The summed E-state index contributed by atoms with van der Waals surface area (Å²) in [7, 11) is 1.53. The number of nitrogens with two attached hydrogens (primary N) is 1. The molecule has 5 N–H and O–H groups in total. The monoisotopic (exact) mass is 467 g/mol. The van der Waals surface area contributed by atoms with Crippen LogP contribution in [0.5, 0.6) is 0 Å². The van der Waals surface area contributed by atoms with E-state index in [1.165, 1.54) is 25.1 Å². The molecule has 0 aliphatic carbocycles. The maximum atomic E-state index is 11.6. The zero-order valence-electron chi connectivity index (χ0n) is 17.7. The van der Waals surface area contributed by atoms with Gasteiger partial charge in [0.2, 0.25) is 5.95 Å². The summed E-state index contributed by atoms with van der Waals surface area (Å²) in [6.07, 6.45) is 3.50. The van der Waals surface area contributed by atoms with E-state index in [0.29, 0.717) is 21.8 Å². The lowest BCUT2D eigenvalue weighted by Gasteiger charge is -2.09. The van der Waals surface area contributed by atoms with E-state index in [1.807, 2.05) is 30.3 Å². The molecule has 2 heterocycles. The maximum absolute atomic E-state index is 11.6. The summed E-state index contributed by atoms with van der Waals surface area (Å²) < 4.78 is 4.92. The average molecular weight is 468 g/mol. The van der Waals surface area contributed by atoms with Crippen molar-refractivity contribution < 1.29 is 14.4 Å². The normalized spacial score (nSPS) is 10.2. The maximum Gasteiger partial charge on any atom is 0.262 e. The molecule has 0 atom stereocenters. The molecular formula is C22H22ClN7O3. The quantitative estimate of drug-likeness (QED) is 0.335. The number of aliphatic hydroxyl groups is 1. The van der Waals surface area contributed by atoms with Gasteiger partial charge in [0.15, 0.2) is 6.33 Å². The number of halogens is 1. The highest BCUT2D eigenvalue weighted by Gasteiger charge is 2.13. The summed E-state index contributed by atoms with van der Waals surface area (Å²) in [5.74, 6) is 0.414. The van der Waals surface area contributed by atoms with Crippen molar-refractivity contribution in [2.45, 2.75) is 6.42 Å². The molecule has 2 aromatic heterocycles. The van der Waals surface area contributed by atoms with Crippen LogP contribution in [0.4, 0.5) is 17.5 Å². The third-order valence-corrected chi connectivity index (χ3v) is 4.66. The van der Waals surface area contributed by atoms with E-state index in [0.717, 1.165) is 6.42 Å². The molecule has 0 spiro atoms. The molecule has 10 nitrogen and oxygen atoms in total. The van der Waals surface area contributed by atoms with Gasteiger partial charge in [-0.25, -0.2) is 4.98 Å². The first-order chi connectivity index (χ1) is 16.0. The van der Waals surface area contributed by atoms with E-state index >= 15 is 0 Å². The zero-order chi connectivity index (χ0) is 23.6. The molecule has 1 amide bonds. The number of carbonyl (C=O) groups is 1. The number of hydrogen-bond donors (Lipinski definition) is 4. The summed E-state index contributed by atoms with van der Waals surface area (Å²) in [6.45, 7) is 0.240. The van der Waals surface area contributed by atoms with Crippen molar-refractivity contribution in [1.29, 1.82) is 0 Å². The summed E-state index contributed by atoms with van der Waals surface area (Å²) >= 11 is 6.10. The Morgan fingerprint density at radius 3 is 2.58 bits per heavy atom. The van der Waals surface area contributed by atoms with Gasteiger partial charge in [0.05, 0.1) is 10.6 Å². The average Bonchev–Trinajstić information content (AvgIpc) is 3.35. The molecule has 0 unspecified atom stereocenters. The SMILES string of the molecule is CNC(=O)c1ccc(Nc2ncc(-c3ncno3)c(N)n2)cc1Cl.OCCc1ccccc1. The number of carbonyl (C=O) groups excluding carboxylic acids is 1. The number of nitrogens with zero attached hydrogens (tertiary/aromatic N) is 4. The van der Waals surface area contributed by atoms with E-state index in [2.05, 4.69) is 30.7 Å². The summed E-state index contributed by atoms with van der Waals surface area (Å²) in [6, 6.07) is 14.8. The Balaban J connectivity index is 0.000000286. The zero-order valence-corrected chi connectivity index (χ0v) is 18.5. The van der Waals surface area contributed by atoms with Gasteiger partial charge in [-0.3, -0.25) is 4.79 Å². The molecule has 0 saturated carbocycles. The van der Waals surface area contributed by atoms with Crippen molar-refractivity contribution in [3.63, 3.8) is 0 Å². The van der Waals surface area contributed by atoms with E-state index in [9.17, 15) is 4.79 Å². The summed E-state index contributed by atoms with van der Waals surface area (Å²) in [5.41, 5.74) is 8.49. The van der Waals surface area contributed by atoms with E-state index in [4.69, 9.17) is 27.0 Å². The summed E-state index contributed by atoms with van der Waals surface area (Å²) in [5, 5.41) is 17.8. The highest BCUT2D eigenvalue weighted by Crippen LogP contribution is 2.25. The van der Waals surface area contributed by atoms with E-state index in [-0.39, 0.29) is 30.2 Å². The van der Waals surface area contributed by atoms with Crippen LogP contribution < -0.4 is 16.4 Å². The Kier molecular flexibility index (Phi) is 8.28. The number of aromatic nitrogens is 4. The Labute approximate surface area is 194 Å². The third-order valence-electron chi connectivity index (χ3n) is 4.35. The fourth-order valence-electron chi connectivity index (χ4n) is 2.73. The molecule has 11 heteroatoms. The highest BCUT2D eigenvalue weighted by molar-refractivity contribution is 6.34. The second-order valence-electron chi connectivity index (χ2n) is 6.60. The topological polar surface area (TPSA) is 152 Å². The molecule has 0 saturated heterocycles. The smallest absolute Gasteiger partial charge is 0.262 e. The van der Waals surface area contributed by atoms with E-state index in [1.54, 1.807) is 18.2 Å². The minimum atomic E-state index is -0.268. The minimum absolute atomic E-state index is 0.185. The van der Waals surface area contributed by atoms with Crippen molar-refractivity contribution in [2.24, 2.45) is 0 Å². The lowest BCUT2D eigenvalue weighted by Crippen LogP contribution is -2.18. The fourth-order valence-corrected chi connectivity index (χ4v) is 2.99. The van der Waals surface area contributed by atoms with Gasteiger partial charge in [-0.15, -0.1) is 0 Å². The molecule has 170 valence electrons. The Morgan fingerprint density at radius 2 is 1.97 bits per heavy atom. The predicted molar refractivity (Wildman–Crippen MR) is 125 cm³/mol. The van der Waals surface area contributed by atoms with Crippen LogP contribution in [0.2, 0.25) is 5.02 Å². The molecule has 0 bridgehead atoms. The first-order valence-electron chi connectivity index (χ1n) is 9.84. The molecule has 0 radical (unpaired) electrons. The molecule has 2 aromatic carbocycles. The molecule has 0 aliphatic rings. The Morgan fingerprint density at radius 1 is 1.18 bits per heavy atom. The first kappa shape index (κ1) is 23.6. The van der Waals surface area contributed by atoms with Gasteiger partial charge in [-0.1, -0.05) is 47.1 Å². The predicted octanol–water partition coefficient (Wildman–Crippen LogP) is 3.09. The van der Waals surface area contributed by atoms with Crippen molar-refractivity contribution >= 4 is 35.0 Å². The standard InChI is InChI=1S/C14H12ClN7O2.C8H10O/c1-17-12(23)8-3-2-7(4-10(8)15)21-14-18-5-9(11(16)22-14)13-19-6-20-24-13;9-7-6-8-4-2-1-3-5-8/h2-6H,1H3,(H,17,23)(H3,16,18,21,22);1-5,9H,6-7H2. The number of rotatable bonds is 6. The van der Waals surface area contributed by atoms with Gasteiger partial charge in [0.1, 0.15) is 11.4 Å². The molecule has 33 heavy (non-hydrogen) atoms. The van der Waals surface area contributed by atoms with Crippen LogP contribution in [0, 0.1) is 0 Å². The number of benzene rings is 2. The van der Waals surface area contributed by atoms with E-state index < -0.39 is 0 Å². The van der Waals surface area contributed by atoms with Gasteiger partial charge in [0.25, 0.3) is 11.8 Å². The molecular weight excluding hydrogens is 446 g/mol. The van der Waals surface area contributed by atoms with Crippen molar-refractivity contribution in [3.05, 3.63) is 77.2 Å². The van der Waals surface area contributed by atoms with Gasteiger partial charge in [-0.2, -0.15) is 9.97 Å². The van der Waals surface area contributed by atoms with Crippen molar-refractivity contribution in [3.8, 4) is 11.5 Å². The Bertz CT molecular complexity index is 1190. The highest BCUT2D eigenvalue weighted by atomic mass is 35.5. The number of amides is 1. The Hall–Kier alpha value is -4.02. The van der Waals surface area contributed by atoms with Crippen LogP contribution in [-0.4, -0.2) is 44.8 Å². The van der Waals surface area contributed by atoms with Gasteiger partial charge in [0, 0.05) is 25.5 Å². The third kappa shape index (κ3) is 6.48. The van der Waals surface area contributed by atoms with Crippen LogP contribution >= 0.6 is 11.6 Å². The van der Waals surface area contributed by atoms with Crippen LogP contribution in [0.25, 0.3) is 11.5 Å². The number of anilines is 3. The lowest BCUT2D eigenvalue weighted by molar-refractivity contribution is 0.0963. The second-order valence-corrected chi connectivity index (χ2v) is 7.00. The molecule has 4 aromatic rings. The van der Waals surface area contributed by atoms with Gasteiger partial charge in [-0.05, 0) is 30.2 Å². The minimum Gasteiger partial charge on any atom is -0.396 e. The first-order valence-corrected chi connectivity index (χ1v) is 10.2. The number of aliphatic hydroxyl groups excluding tert-OH is 1. The van der Waals surface area contributed by atoms with Crippen molar-refractivity contribution in [1.82, 2.24) is 25.4 Å². The van der Waals surface area contributed by atoms with Crippen LogP contribution in [0.1, 0.15) is 15.9 Å². The molecule has 0 aliphatic heterocycles. The fraction of sp³-hybridized carbons (Fsp3) is 0.136. The second kappa shape index (κ2) is 11.6. The largest absolute Gasteiger partial charge is 0.396 e. The van der Waals surface area contributed by atoms with Crippen LogP contribution in [-0.2, 0) is 6.42 Å². The molecule has 0 fully saturated rings. The van der Waals surface area contributed by atoms with Crippen molar-refractivity contribution in [2.75, 3.05) is 24.7 Å². The summed E-state index contributed by atoms with van der Waals surface area (Å²) in [4.78, 5) is 23.8. The number of hydrogen-bond acceptors (Lipinski definition) is 9. The lowest BCUT2D eigenvalue weighted by atomic mass is 10.2. The number of nitrogens with one attached hydrogen (secondary N) is 2. The van der Waals surface area contributed by atoms with Crippen LogP contribution in [0.15, 0.2) is 65.6 Å². The van der Waals surface area contributed by atoms with Crippen LogP contribution in [0.3, 0.4) is 0 Å². The molecule has 4 rings (SSSR count). The number of nitrogen functional groups attached to an aromatic ring is 1. The van der Waals surface area contributed by atoms with Gasteiger partial charge >= 0.3 is 0 Å².